The van der Waals surface area contributed by atoms with Crippen LogP contribution in [0.1, 0.15) is 39.7 Å². The van der Waals surface area contributed by atoms with Crippen LogP contribution in [0.25, 0.3) is 0 Å². The van der Waals surface area contributed by atoms with Gasteiger partial charge in [0.05, 0.1) is 17.2 Å². The summed E-state index contributed by atoms with van der Waals surface area (Å²) in [6.45, 7) is 2.57. The summed E-state index contributed by atoms with van der Waals surface area (Å²) >= 11 is 0. The summed E-state index contributed by atoms with van der Waals surface area (Å²) in [4.78, 5) is 50.8. The van der Waals surface area contributed by atoms with E-state index in [1.54, 1.807) is 42.3 Å². The molecule has 2 amide bonds. The number of esters is 1. The highest BCUT2D eigenvalue weighted by Crippen LogP contribution is 2.20. The molecule has 0 fully saturated rings. The molecule has 0 spiro atoms. The summed E-state index contributed by atoms with van der Waals surface area (Å²) in [7, 11) is 0. The highest BCUT2D eigenvalue weighted by Gasteiger charge is 2.30. The minimum Gasteiger partial charge on any atom is -0.465 e. The average Bonchev–Trinajstić information content (AvgIpc) is 3.34. The molecule has 4 N–H and O–H groups in total. The number of benzene rings is 2. The molecular weight excluding hydrogens is 518 g/mol. The summed E-state index contributed by atoms with van der Waals surface area (Å²) in [5.74, 6) is -1.35. The number of ether oxygens (including phenoxy) is 1. The third kappa shape index (κ3) is 6.67. The molecule has 0 radical (unpaired) electrons. The van der Waals surface area contributed by atoms with Crippen molar-refractivity contribution in [1.82, 2.24) is 20.0 Å². The Hall–Kier alpha value is -5.07. The number of amidine groups is 1. The van der Waals surface area contributed by atoms with Crippen LogP contribution in [0.2, 0.25) is 0 Å². The number of nitrogens with zero attached hydrogens (tertiary/aromatic N) is 4. The lowest BCUT2D eigenvalue weighted by Gasteiger charge is -2.30. The fourth-order valence-electron chi connectivity index (χ4n) is 4.43. The maximum absolute atomic E-state index is 13.7. The molecule has 1 aliphatic heterocycles. The molecule has 13 nitrogen and oxygen atoms in total. The molecule has 3 aromatic rings. The van der Waals surface area contributed by atoms with E-state index in [0.29, 0.717) is 24.1 Å². The molecule has 0 bridgehead atoms. The van der Waals surface area contributed by atoms with Crippen LogP contribution >= 0.6 is 0 Å². The van der Waals surface area contributed by atoms with Gasteiger partial charge in [0.2, 0.25) is 5.91 Å². The van der Waals surface area contributed by atoms with Gasteiger partial charge < -0.3 is 20.7 Å². The van der Waals surface area contributed by atoms with Gasteiger partial charge >= 0.3 is 5.97 Å². The standard InChI is InChI=1S/C27H29N7O6/c1-2-40-24(35)16-33-15-20-14-32(12-11-22(20)31-33)27(37)23(13-17-3-9-21(10-4-17)34(38)39)30-26(36)19-7-5-18(6-8-19)25(28)29/h3-10,15,23H,2,11-14,16H2,1H3,(H3,28,29)(H,30,36)/t23-/m0/s1. The zero-order valence-electron chi connectivity index (χ0n) is 21.8. The molecule has 2 aromatic carbocycles. The third-order valence-corrected chi connectivity index (χ3v) is 6.46. The van der Waals surface area contributed by atoms with E-state index in [0.717, 1.165) is 11.3 Å². The molecule has 0 saturated heterocycles. The first kappa shape index (κ1) is 28.0. The molecule has 1 atom stereocenters. The second kappa shape index (κ2) is 12.2. The Labute approximate surface area is 229 Å². The maximum Gasteiger partial charge on any atom is 0.327 e. The van der Waals surface area contributed by atoms with E-state index < -0.39 is 22.8 Å². The quantitative estimate of drug-likeness (QED) is 0.112. The zero-order chi connectivity index (χ0) is 28.8. The number of carbonyl (C=O) groups excluding carboxylic acids is 3. The van der Waals surface area contributed by atoms with E-state index in [9.17, 15) is 24.5 Å². The SMILES string of the molecule is CCOC(=O)Cn1cc2c(n1)CCN(C(=O)[C@H](Cc1ccc([N+](=O)[O-])cc1)NC(=O)c1ccc(C(=N)N)cc1)C2. The number of non-ortho nitro benzene ring substituents is 1. The van der Waals surface area contributed by atoms with E-state index in [1.807, 2.05) is 0 Å². The molecule has 40 heavy (non-hydrogen) atoms. The van der Waals surface area contributed by atoms with Crippen LogP contribution in [0.3, 0.4) is 0 Å². The van der Waals surface area contributed by atoms with Gasteiger partial charge in [-0.05, 0) is 24.6 Å². The normalized spacial score (nSPS) is 13.2. The fraction of sp³-hybridized carbons (Fsp3) is 0.296. The molecule has 0 saturated carbocycles. The van der Waals surface area contributed by atoms with Crippen LogP contribution in [0.15, 0.2) is 54.7 Å². The Morgan fingerprint density at radius 1 is 1.15 bits per heavy atom. The number of fused-ring (bicyclic) bond motifs is 1. The molecule has 1 aromatic heterocycles. The number of amides is 2. The van der Waals surface area contributed by atoms with Crippen LogP contribution in [0.4, 0.5) is 5.69 Å². The first-order valence-corrected chi connectivity index (χ1v) is 12.6. The average molecular weight is 548 g/mol. The number of nitrogen functional groups attached to an aromatic ring is 1. The summed E-state index contributed by atoms with van der Waals surface area (Å²) in [5.41, 5.74) is 8.38. The number of carbonyl (C=O) groups is 3. The lowest BCUT2D eigenvalue weighted by atomic mass is 10.0. The van der Waals surface area contributed by atoms with Gasteiger partial charge in [0.15, 0.2) is 0 Å². The maximum atomic E-state index is 13.7. The van der Waals surface area contributed by atoms with Gasteiger partial charge in [-0.2, -0.15) is 5.10 Å². The highest BCUT2D eigenvalue weighted by molar-refractivity contribution is 5.99. The van der Waals surface area contributed by atoms with E-state index in [-0.39, 0.29) is 49.1 Å². The van der Waals surface area contributed by atoms with Gasteiger partial charge in [-0.3, -0.25) is 34.6 Å². The minimum atomic E-state index is -0.961. The van der Waals surface area contributed by atoms with Gasteiger partial charge in [-0.25, -0.2) is 0 Å². The Bertz CT molecular complexity index is 1430. The van der Waals surface area contributed by atoms with Gasteiger partial charge in [0.25, 0.3) is 11.6 Å². The number of hydrogen-bond acceptors (Lipinski definition) is 8. The van der Waals surface area contributed by atoms with Crippen LogP contribution in [0, 0.1) is 15.5 Å². The second-order valence-electron chi connectivity index (χ2n) is 9.26. The predicted molar refractivity (Wildman–Crippen MR) is 143 cm³/mol. The summed E-state index contributed by atoms with van der Waals surface area (Å²) < 4.78 is 6.48. The molecule has 2 heterocycles. The number of aromatic nitrogens is 2. The van der Waals surface area contributed by atoms with Crippen molar-refractivity contribution in [3.8, 4) is 0 Å². The number of hydrogen-bond donors (Lipinski definition) is 3. The summed E-state index contributed by atoms with van der Waals surface area (Å²) in [6, 6.07) is 11.0. The van der Waals surface area contributed by atoms with Crippen LogP contribution in [-0.2, 0) is 40.3 Å². The number of rotatable bonds is 10. The van der Waals surface area contributed by atoms with Crippen molar-refractivity contribution >= 4 is 29.3 Å². The van der Waals surface area contributed by atoms with Gasteiger partial charge in [-0.15, -0.1) is 0 Å². The lowest BCUT2D eigenvalue weighted by Crippen LogP contribution is -2.50. The Balaban J connectivity index is 1.53. The van der Waals surface area contributed by atoms with Crippen LogP contribution in [0.5, 0.6) is 0 Å². The highest BCUT2D eigenvalue weighted by atomic mass is 16.6. The van der Waals surface area contributed by atoms with Crippen LogP contribution in [-0.4, -0.2) is 62.4 Å². The molecule has 0 aliphatic carbocycles. The summed E-state index contributed by atoms with van der Waals surface area (Å²) in [5, 5.41) is 25.8. The van der Waals surface area contributed by atoms with Crippen molar-refractivity contribution in [1.29, 1.82) is 5.41 Å². The number of nitro groups is 1. The van der Waals surface area contributed by atoms with Crippen molar-refractivity contribution in [2.24, 2.45) is 5.73 Å². The number of nitrogens with one attached hydrogen (secondary N) is 2. The van der Waals surface area contributed by atoms with Gasteiger partial charge in [0, 0.05) is 61.0 Å². The van der Waals surface area contributed by atoms with E-state index in [2.05, 4.69) is 10.4 Å². The van der Waals surface area contributed by atoms with Crippen molar-refractivity contribution in [3.05, 3.63) is 92.8 Å². The number of nitro benzene ring substituents is 1. The largest absolute Gasteiger partial charge is 0.465 e. The minimum absolute atomic E-state index is 0.0317. The van der Waals surface area contributed by atoms with E-state index in [1.165, 1.54) is 28.9 Å². The third-order valence-electron chi connectivity index (χ3n) is 6.46. The van der Waals surface area contributed by atoms with Gasteiger partial charge in [0.1, 0.15) is 18.4 Å². The van der Waals surface area contributed by atoms with Gasteiger partial charge in [-0.1, -0.05) is 24.3 Å². The smallest absolute Gasteiger partial charge is 0.327 e. The Morgan fingerprint density at radius 3 is 2.45 bits per heavy atom. The van der Waals surface area contributed by atoms with Crippen molar-refractivity contribution in [3.63, 3.8) is 0 Å². The first-order valence-electron chi connectivity index (χ1n) is 12.6. The Morgan fingerprint density at radius 2 is 1.82 bits per heavy atom. The zero-order valence-corrected chi connectivity index (χ0v) is 21.8. The second-order valence-corrected chi connectivity index (χ2v) is 9.26. The molecule has 13 heteroatoms. The molecule has 208 valence electrons. The van der Waals surface area contributed by atoms with E-state index in [4.69, 9.17) is 15.9 Å². The van der Waals surface area contributed by atoms with Crippen LogP contribution < -0.4 is 11.1 Å². The number of nitrogens with two attached hydrogens (primary N) is 1. The van der Waals surface area contributed by atoms with Crippen molar-refractivity contribution in [2.75, 3.05) is 13.2 Å². The molecular formula is C27H29N7O6. The topological polar surface area (TPSA) is 187 Å². The van der Waals surface area contributed by atoms with Crippen molar-refractivity contribution < 1.29 is 24.0 Å². The van der Waals surface area contributed by atoms with E-state index >= 15 is 0 Å². The molecule has 0 unspecified atom stereocenters. The molecule has 4 rings (SSSR count). The first-order chi connectivity index (χ1) is 19.1. The fourth-order valence-corrected chi connectivity index (χ4v) is 4.43. The van der Waals surface area contributed by atoms with Crippen molar-refractivity contribution in [2.45, 2.75) is 38.9 Å². The molecule has 1 aliphatic rings. The Kier molecular flexibility index (Phi) is 8.52. The summed E-state index contributed by atoms with van der Waals surface area (Å²) in [6.07, 6.45) is 2.30. The monoisotopic (exact) mass is 547 g/mol. The predicted octanol–water partition coefficient (Wildman–Crippen LogP) is 1.56. The lowest BCUT2D eigenvalue weighted by molar-refractivity contribution is -0.384.